The Balaban J connectivity index is 2.47. The first kappa shape index (κ1) is 17.0. The number of alkyl halides is 4. The summed E-state index contributed by atoms with van der Waals surface area (Å²) in [6.45, 7) is 0. The van der Waals surface area contributed by atoms with Crippen LogP contribution in [0.5, 0.6) is 0 Å². The molecule has 1 atom stereocenters. The second-order valence-corrected chi connectivity index (χ2v) is 5.33. The molecular weight excluding hydrogens is 351 g/mol. The first-order chi connectivity index (χ1) is 10.2. The number of benzene rings is 1. The van der Waals surface area contributed by atoms with Crippen molar-refractivity contribution in [2.45, 2.75) is 25.0 Å². The molecule has 1 heterocycles. The van der Waals surface area contributed by atoms with Crippen LogP contribution in [0.25, 0.3) is 0 Å². The van der Waals surface area contributed by atoms with Crippen molar-refractivity contribution in [2.24, 2.45) is 5.10 Å². The van der Waals surface area contributed by atoms with Crippen molar-refractivity contribution >= 4 is 34.8 Å². The third kappa shape index (κ3) is 2.90. The molecule has 0 aliphatic carbocycles. The molecule has 0 fully saturated rings. The molecule has 0 aromatic heterocycles. The van der Waals surface area contributed by atoms with E-state index in [2.05, 4.69) is 5.10 Å². The van der Waals surface area contributed by atoms with Crippen LogP contribution in [0, 0.1) is 0 Å². The van der Waals surface area contributed by atoms with E-state index < -0.39 is 36.6 Å². The molecule has 1 aliphatic heterocycles. The van der Waals surface area contributed by atoms with E-state index in [9.17, 15) is 27.5 Å². The molecule has 0 radical (unpaired) electrons. The fourth-order valence-corrected chi connectivity index (χ4v) is 2.25. The van der Waals surface area contributed by atoms with Gasteiger partial charge in [-0.1, -0.05) is 23.2 Å². The Labute approximate surface area is 131 Å². The Morgan fingerprint density at radius 3 is 2.50 bits per heavy atom. The zero-order valence-corrected chi connectivity index (χ0v) is 12.1. The lowest BCUT2D eigenvalue weighted by Gasteiger charge is -2.30. The lowest BCUT2D eigenvalue weighted by Crippen LogP contribution is -2.51. The summed E-state index contributed by atoms with van der Waals surface area (Å²) in [4.78, 5) is 12.2. The molecule has 2 rings (SSSR count). The van der Waals surface area contributed by atoms with Gasteiger partial charge in [0.1, 0.15) is 5.71 Å². The molecule has 120 valence electrons. The maximum absolute atomic E-state index is 13.0. The number of rotatable bonds is 3. The standard InChI is InChI=1S/C12H8Cl2F4N2O2/c13-5-1-2-7(14)6(3-5)10(21)20-12(22,11(17)18)4-8(19-20)9(15)16/h1-3,9,11,22H,4H2/t12-/m1/s1. The van der Waals surface area contributed by atoms with Gasteiger partial charge in [0.25, 0.3) is 18.8 Å². The van der Waals surface area contributed by atoms with Gasteiger partial charge in [-0.2, -0.15) is 10.1 Å². The predicted octanol–water partition coefficient (Wildman–Crippen LogP) is 3.41. The van der Waals surface area contributed by atoms with Gasteiger partial charge in [0, 0.05) is 11.4 Å². The largest absolute Gasteiger partial charge is 0.364 e. The molecule has 0 spiro atoms. The van der Waals surface area contributed by atoms with E-state index in [1.165, 1.54) is 12.1 Å². The molecular formula is C12H8Cl2F4N2O2. The predicted molar refractivity (Wildman–Crippen MR) is 71.6 cm³/mol. The average Bonchev–Trinajstić information content (AvgIpc) is 2.80. The Morgan fingerprint density at radius 2 is 1.95 bits per heavy atom. The van der Waals surface area contributed by atoms with Gasteiger partial charge < -0.3 is 5.11 Å². The third-order valence-electron chi connectivity index (χ3n) is 2.99. The van der Waals surface area contributed by atoms with Crippen LogP contribution in [0.3, 0.4) is 0 Å². The van der Waals surface area contributed by atoms with Crippen molar-refractivity contribution in [3.8, 4) is 0 Å². The summed E-state index contributed by atoms with van der Waals surface area (Å²) < 4.78 is 51.4. The quantitative estimate of drug-likeness (QED) is 0.841. The minimum atomic E-state index is -3.51. The highest BCUT2D eigenvalue weighted by molar-refractivity contribution is 6.35. The third-order valence-corrected chi connectivity index (χ3v) is 3.55. The Morgan fingerprint density at radius 1 is 1.32 bits per heavy atom. The van der Waals surface area contributed by atoms with Gasteiger partial charge in [0.05, 0.1) is 10.6 Å². The zero-order chi connectivity index (χ0) is 16.7. The summed E-state index contributed by atoms with van der Waals surface area (Å²) in [5.74, 6) is -1.26. The highest BCUT2D eigenvalue weighted by atomic mass is 35.5. The average molecular weight is 359 g/mol. The van der Waals surface area contributed by atoms with Gasteiger partial charge in [0.2, 0.25) is 5.72 Å². The number of hydrazone groups is 1. The molecule has 0 saturated heterocycles. The van der Waals surface area contributed by atoms with Crippen molar-refractivity contribution in [1.29, 1.82) is 0 Å². The van der Waals surface area contributed by atoms with Crippen molar-refractivity contribution in [3.05, 3.63) is 33.8 Å². The summed E-state index contributed by atoms with van der Waals surface area (Å²) in [5, 5.41) is 12.9. The maximum atomic E-state index is 13.0. The number of nitrogens with zero attached hydrogens (tertiary/aromatic N) is 2. The highest BCUT2D eigenvalue weighted by Gasteiger charge is 2.53. The first-order valence-electron chi connectivity index (χ1n) is 5.82. The summed E-state index contributed by atoms with van der Waals surface area (Å²) in [6.07, 6.45) is -7.85. The Kier molecular flexibility index (Phi) is 4.65. The van der Waals surface area contributed by atoms with Gasteiger partial charge in [-0.05, 0) is 18.2 Å². The van der Waals surface area contributed by atoms with Crippen LogP contribution in [-0.4, -0.2) is 40.3 Å². The number of aliphatic hydroxyl groups is 1. The fourth-order valence-electron chi connectivity index (χ4n) is 1.88. The molecule has 10 heteroatoms. The molecule has 1 aliphatic rings. The van der Waals surface area contributed by atoms with Crippen LogP contribution in [0.15, 0.2) is 23.3 Å². The monoisotopic (exact) mass is 358 g/mol. The number of amides is 1. The summed E-state index contributed by atoms with van der Waals surface area (Å²) >= 11 is 11.5. The van der Waals surface area contributed by atoms with E-state index in [1.54, 1.807) is 0 Å². The smallest absolute Gasteiger partial charge is 0.287 e. The molecule has 1 aromatic rings. The van der Waals surface area contributed by atoms with Crippen molar-refractivity contribution < 1.29 is 27.5 Å². The number of hydrogen-bond acceptors (Lipinski definition) is 3. The van der Waals surface area contributed by atoms with E-state index in [4.69, 9.17) is 23.2 Å². The van der Waals surface area contributed by atoms with E-state index in [1.807, 2.05) is 0 Å². The molecule has 1 aromatic carbocycles. The normalized spacial score (nSPS) is 21.7. The van der Waals surface area contributed by atoms with Crippen LogP contribution in [0.2, 0.25) is 10.0 Å². The van der Waals surface area contributed by atoms with Gasteiger partial charge in [-0.15, -0.1) is 0 Å². The fraction of sp³-hybridized carbons (Fsp3) is 0.333. The summed E-state index contributed by atoms with van der Waals surface area (Å²) in [6, 6.07) is 3.64. The Hall–Kier alpha value is -1.38. The van der Waals surface area contributed by atoms with Crippen molar-refractivity contribution in [3.63, 3.8) is 0 Å². The molecule has 0 bridgehead atoms. The van der Waals surface area contributed by atoms with E-state index in [0.29, 0.717) is 0 Å². The molecule has 1 N–H and O–H groups in total. The van der Waals surface area contributed by atoms with Crippen molar-refractivity contribution in [1.82, 2.24) is 5.01 Å². The maximum Gasteiger partial charge on any atom is 0.287 e. The lowest BCUT2D eigenvalue weighted by molar-refractivity contribution is -0.164. The minimum Gasteiger partial charge on any atom is -0.364 e. The first-order valence-corrected chi connectivity index (χ1v) is 6.58. The van der Waals surface area contributed by atoms with Crippen LogP contribution >= 0.6 is 23.2 Å². The van der Waals surface area contributed by atoms with Crippen LogP contribution in [0.4, 0.5) is 17.6 Å². The van der Waals surface area contributed by atoms with Crippen LogP contribution in [0.1, 0.15) is 16.8 Å². The van der Waals surface area contributed by atoms with Gasteiger partial charge in [-0.25, -0.2) is 17.6 Å². The van der Waals surface area contributed by atoms with E-state index in [0.717, 1.165) is 6.07 Å². The van der Waals surface area contributed by atoms with Gasteiger partial charge in [-0.3, -0.25) is 4.79 Å². The number of halogens is 6. The summed E-state index contributed by atoms with van der Waals surface area (Å²) in [5.41, 5.74) is -4.52. The van der Waals surface area contributed by atoms with Crippen LogP contribution < -0.4 is 0 Å². The molecule has 0 saturated carbocycles. The number of hydrogen-bond donors (Lipinski definition) is 1. The molecule has 22 heavy (non-hydrogen) atoms. The number of carbonyl (C=O) groups is 1. The minimum absolute atomic E-state index is 0.0727. The number of carbonyl (C=O) groups excluding carboxylic acids is 1. The van der Waals surface area contributed by atoms with Crippen molar-refractivity contribution in [2.75, 3.05) is 0 Å². The lowest BCUT2D eigenvalue weighted by atomic mass is 10.1. The SMILES string of the molecule is O=C(c1cc(Cl)ccc1Cl)N1N=C(C(F)F)C[C@@]1(O)C(F)F. The second-order valence-electron chi connectivity index (χ2n) is 4.49. The van der Waals surface area contributed by atoms with Crippen LogP contribution in [-0.2, 0) is 0 Å². The topological polar surface area (TPSA) is 52.9 Å². The van der Waals surface area contributed by atoms with E-state index in [-0.39, 0.29) is 20.6 Å². The van der Waals surface area contributed by atoms with E-state index >= 15 is 0 Å². The summed E-state index contributed by atoms with van der Waals surface area (Å²) in [7, 11) is 0. The highest BCUT2D eigenvalue weighted by Crippen LogP contribution is 2.35. The zero-order valence-electron chi connectivity index (χ0n) is 10.6. The Bertz CT molecular complexity index is 642. The van der Waals surface area contributed by atoms with Gasteiger partial charge >= 0.3 is 0 Å². The molecule has 1 amide bonds. The molecule has 0 unspecified atom stereocenters. The molecule has 4 nitrogen and oxygen atoms in total. The van der Waals surface area contributed by atoms with Gasteiger partial charge in [0.15, 0.2) is 0 Å². The second kappa shape index (κ2) is 6.02.